The van der Waals surface area contributed by atoms with Crippen LogP contribution in [0.2, 0.25) is 0 Å². The Morgan fingerprint density at radius 3 is 2.81 bits per heavy atom. The summed E-state index contributed by atoms with van der Waals surface area (Å²) in [6, 6.07) is 8.39. The number of aromatic amines is 1. The van der Waals surface area contributed by atoms with Crippen molar-refractivity contribution in [2.45, 2.75) is 39.3 Å². The Labute approximate surface area is 208 Å². The Bertz CT molecular complexity index is 1520. The molecular formula is C26H29N9O. The number of likely N-dealkylation sites (tertiary alicyclic amines) is 1. The van der Waals surface area contributed by atoms with Crippen LogP contribution in [0, 0.1) is 6.92 Å². The van der Waals surface area contributed by atoms with Crippen molar-refractivity contribution in [2.75, 3.05) is 25.4 Å². The van der Waals surface area contributed by atoms with Gasteiger partial charge in [0.2, 0.25) is 5.88 Å². The molecule has 6 rings (SSSR count). The van der Waals surface area contributed by atoms with E-state index < -0.39 is 0 Å². The maximum Gasteiger partial charge on any atom is 0.222 e. The summed E-state index contributed by atoms with van der Waals surface area (Å²) in [6.07, 6.45) is 7.12. The normalized spacial score (nSPS) is 15.2. The number of nitrogen functional groups attached to an aromatic ring is 1. The number of ether oxygens (including phenoxy) is 1. The van der Waals surface area contributed by atoms with Crippen LogP contribution in [0.25, 0.3) is 33.1 Å². The number of piperidine rings is 1. The van der Waals surface area contributed by atoms with E-state index in [1.54, 1.807) is 12.4 Å². The minimum atomic E-state index is 0.157. The zero-order valence-electron chi connectivity index (χ0n) is 20.5. The van der Waals surface area contributed by atoms with Gasteiger partial charge in [0.05, 0.1) is 23.8 Å². The second kappa shape index (κ2) is 9.19. The number of fused-ring (bicyclic) bond motifs is 2. The fourth-order valence-electron chi connectivity index (χ4n) is 5.05. The molecule has 1 aliphatic rings. The summed E-state index contributed by atoms with van der Waals surface area (Å²) in [5.41, 5.74) is 10.4. The summed E-state index contributed by atoms with van der Waals surface area (Å²) in [6.45, 7) is 7.91. The molecule has 0 unspecified atom stereocenters. The van der Waals surface area contributed by atoms with E-state index in [-0.39, 0.29) is 6.10 Å². The Kier molecular flexibility index (Phi) is 5.73. The van der Waals surface area contributed by atoms with E-state index in [4.69, 9.17) is 20.6 Å². The van der Waals surface area contributed by atoms with Crippen molar-refractivity contribution in [1.82, 2.24) is 39.8 Å². The molecule has 0 amide bonds. The number of aryl methyl sites for hydroxylation is 1. The molecule has 1 aliphatic heterocycles. The van der Waals surface area contributed by atoms with Crippen molar-refractivity contribution in [3.05, 3.63) is 54.2 Å². The number of nitrogens with one attached hydrogen (secondary N) is 1. The van der Waals surface area contributed by atoms with Gasteiger partial charge in [0.25, 0.3) is 0 Å². The molecule has 0 atom stereocenters. The average Bonchev–Trinajstić information content (AvgIpc) is 3.54. The van der Waals surface area contributed by atoms with Gasteiger partial charge in [-0.2, -0.15) is 10.2 Å². The third-order valence-electron chi connectivity index (χ3n) is 6.99. The molecule has 3 N–H and O–H groups in total. The van der Waals surface area contributed by atoms with E-state index in [1.165, 1.54) is 6.33 Å². The summed E-state index contributed by atoms with van der Waals surface area (Å²) in [5.74, 6) is 1.07. The van der Waals surface area contributed by atoms with Gasteiger partial charge in [-0.1, -0.05) is 25.1 Å². The van der Waals surface area contributed by atoms with Crippen LogP contribution in [-0.4, -0.2) is 65.6 Å². The number of hydrogen-bond acceptors (Lipinski definition) is 8. The van der Waals surface area contributed by atoms with Gasteiger partial charge >= 0.3 is 0 Å². The lowest BCUT2D eigenvalue weighted by atomic mass is 10.1. The van der Waals surface area contributed by atoms with Crippen LogP contribution in [0.4, 0.5) is 5.82 Å². The number of pyridine rings is 1. The lowest BCUT2D eigenvalue weighted by Gasteiger charge is -2.31. The van der Waals surface area contributed by atoms with Crippen molar-refractivity contribution in [3.8, 4) is 17.1 Å². The molecule has 5 heterocycles. The highest BCUT2D eigenvalue weighted by Crippen LogP contribution is 2.32. The van der Waals surface area contributed by atoms with Crippen molar-refractivity contribution in [2.24, 2.45) is 0 Å². The van der Waals surface area contributed by atoms with Gasteiger partial charge in [0.1, 0.15) is 23.9 Å². The van der Waals surface area contributed by atoms with Gasteiger partial charge < -0.3 is 15.4 Å². The highest BCUT2D eigenvalue weighted by molar-refractivity contribution is 5.98. The second-order valence-electron chi connectivity index (χ2n) is 9.29. The van der Waals surface area contributed by atoms with Crippen LogP contribution in [-0.2, 0) is 6.54 Å². The molecule has 0 radical (unpaired) electrons. The number of aromatic nitrogens is 7. The molecule has 36 heavy (non-hydrogen) atoms. The molecule has 1 saturated heterocycles. The fraction of sp³-hybridized carbons (Fsp3) is 0.346. The zero-order valence-corrected chi connectivity index (χ0v) is 20.5. The third-order valence-corrected chi connectivity index (χ3v) is 6.99. The first-order valence-electron chi connectivity index (χ1n) is 12.3. The first-order chi connectivity index (χ1) is 17.6. The van der Waals surface area contributed by atoms with Crippen LogP contribution in [0.1, 0.15) is 31.0 Å². The molecule has 10 heteroatoms. The van der Waals surface area contributed by atoms with E-state index in [2.05, 4.69) is 63.2 Å². The number of rotatable bonds is 6. The van der Waals surface area contributed by atoms with E-state index in [0.29, 0.717) is 35.0 Å². The van der Waals surface area contributed by atoms with Crippen LogP contribution in [0.3, 0.4) is 0 Å². The Balaban J connectivity index is 1.40. The maximum absolute atomic E-state index is 6.57. The molecule has 0 spiro atoms. The molecule has 1 aromatic carbocycles. The smallest absolute Gasteiger partial charge is 0.222 e. The van der Waals surface area contributed by atoms with Crippen molar-refractivity contribution in [1.29, 1.82) is 0 Å². The van der Waals surface area contributed by atoms with Gasteiger partial charge in [-0.3, -0.25) is 5.10 Å². The lowest BCUT2D eigenvalue weighted by molar-refractivity contribution is 0.101. The third kappa shape index (κ3) is 4.03. The van der Waals surface area contributed by atoms with Gasteiger partial charge in [-0.05, 0) is 43.3 Å². The molecule has 5 aromatic rings. The number of nitrogens with two attached hydrogens (primary N) is 1. The highest BCUT2D eigenvalue weighted by atomic mass is 16.5. The summed E-state index contributed by atoms with van der Waals surface area (Å²) in [7, 11) is 0. The van der Waals surface area contributed by atoms with E-state index in [1.807, 2.05) is 4.68 Å². The van der Waals surface area contributed by atoms with Crippen LogP contribution < -0.4 is 10.5 Å². The number of nitrogens with zero attached hydrogens (tertiary/aromatic N) is 7. The second-order valence-corrected chi connectivity index (χ2v) is 9.29. The predicted octanol–water partition coefficient (Wildman–Crippen LogP) is 3.57. The van der Waals surface area contributed by atoms with Crippen LogP contribution in [0.5, 0.6) is 5.88 Å². The zero-order chi connectivity index (χ0) is 24.6. The van der Waals surface area contributed by atoms with Gasteiger partial charge in [-0.25, -0.2) is 19.6 Å². The summed E-state index contributed by atoms with van der Waals surface area (Å²) in [5, 5.41) is 14.6. The summed E-state index contributed by atoms with van der Waals surface area (Å²) >= 11 is 0. The molecule has 10 nitrogen and oxygen atoms in total. The molecular weight excluding hydrogens is 454 g/mol. The number of anilines is 1. The first kappa shape index (κ1) is 22.4. The van der Waals surface area contributed by atoms with Crippen molar-refractivity contribution >= 4 is 27.6 Å². The minimum absolute atomic E-state index is 0.157. The number of hydrogen-bond donors (Lipinski definition) is 2. The van der Waals surface area contributed by atoms with Gasteiger partial charge in [0, 0.05) is 30.2 Å². The van der Waals surface area contributed by atoms with Crippen LogP contribution in [0.15, 0.2) is 43.0 Å². The number of H-pyrrole nitrogens is 1. The Hall–Kier alpha value is -4.05. The standard InChI is InChI=1S/C26H29N9O/c1-3-34-9-7-20(8-10-34)36-26-21-16(2)5-4-6-17(21)11-19(32-26)14-35-25-22(24(27)28-15-29-25)23(33-35)18-12-30-31-13-18/h4-6,11-13,15,20H,3,7-10,14H2,1-2H3,(H,30,31)(H2,27,28,29). The SMILES string of the molecule is CCN1CCC(Oc2nc(Cn3nc(-c4cn[nH]c4)c4c(N)ncnc43)cc3cccc(C)c23)CC1. The molecule has 4 aromatic heterocycles. The molecule has 0 bridgehead atoms. The van der Waals surface area contributed by atoms with Crippen LogP contribution >= 0.6 is 0 Å². The molecule has 0 saturated carbocycles. The average molecular weight is 484 g/mol. The van der Waals surface area contributed by atoms with Gasteiger partial charge in [-0.15, -0.1) is 0 Å². The Morgan fingerprint density at radius 2 is 2.03 bits per heavy atom. The molecule has 0 aliphatic carbocycles. The minimum Gasteiger partial charge on any atom is -0.474 e. The largest absolute Gasteiger partial charge is 0.474 e. The van der Waals surface area contributed by atoms with Crippen molar-refractivity contribution < 1.29 is 4.74 Å². The maximum atomic E-state index is 6.57. The lowest BCUT2D eigenvalue weighted by Crippen LogP contribution is -2.38. The summed E-state index contributed by atoms with van der Waals surface area (Å²) < 4.78 is 8.39. The van der Waals surface area contributed by atoms with E-state index in [9.17, 15) is 0 Å². The number of benzene rings is 1. The van der Waals surface area contributed by atoms with E-state index >= 15 is 0 Å². The molecule has 1 fully saturated rings. The molecule has 184 valence electrons. The van der Waals surface area contributed by atoms with Gasteiger partial charge in [0.15, 0.2) is 5.65 Å². The highest BCUT2D eigenvalue weighted by Gasteiger charge is 2.23. The quantitative estimate of drug-likeness (QED) is 0.376. The fourth-order valence-corrected chi connectivity index (χ4v) is 5.05. The predicted molar refractivity (Wildman–Crippen MR) is 139 cm³/mol. The van der Waals surface area contributed by atoms with E-state index in [0.717, 1.165) is 60.1 Å². The summed E-state index contributed by atoms with van der Waals surface area (Å²) in [4.78, 5) is 16.1. The van der Waals surface area contributed by atoms with Crippen molar-refractivity contribution in [3.63, 3.8) is 0 Å². The first-order valence-corrected chi connectivity index (χ1v) is 12.3. The Morgan fingerprint density at radius 1 is 1.17 bits per heavy atom. The monoisotopic (exact) mass is 483 g/mol. The topological polar surface area (TPSA) is 124 Å².